The van der Waals surface area contributed by atoms with Crippen molar-refractivity contribution in [1.29, 1.82) is 0 Å². The van der Waals surface area contributed by atoms with Gasteiger partial charge in [-0.2, -0.15) is 0 Å². The van der Waals surface area contributed by atoms with Crippen molar-refractivity contribution in [3.8, 4) is 0 Å². The van der Waals surface area contributed by atoms with Gasteiger partial charge in [0.15, 0.2) is 0 Å². The molecule has 1 aliphatic rings. The zero-order valence-electron chi connectivity index (χ0n) is 17.4. The van der Waals surface area contributed by atoms with Gasteiger partial charge in [-0.15, -0.1) is 0 Å². The first-order chi connectivity index (χ1) is 14.7. The van der Waals surface area contributed by atoms with E-state index in [1.807, 2.05) is 36.2 Å². The number of aryl methyl sites for hydroxylation is 1. The molecule has 8 heteroatoms. The molecule has 4 rings (SSSR count). The molecule has 1 fully saturated rings. The molecule has 1 saturated heterocycles. The number of hydrogen-bond donors (Lipinski definition) is 1. The second-order valence-electron chi connectivity index (χ2n) is 7.57. The molecule has 1 amide bonds. The first-order valence-electron chi connectivity index (χ1n) is 10.3. The summed E-state index contributed by atoms with van der Waals surface area (Å²) in [6.07, 6.45) is 5.26. The number of fused-ring (bicyclic) bond motifs is 1. The smallest absolute Gasteiger partial charge is 0.253 e. The monoisotopic (exact) mass is 409 g/mol. The number of likely N-dealkylation sites (tertiary alicyclic amines) is 1. The molecule has 3 aromatic rings. The zero-order valence-corrected chi connectivity index (χ0v) is 17.4. The summed E-state index contributed by atoms with van der Waals surface area (Å²) in [7, 11) is 1.66. The van der Waals surface area contributed by atoms with Gasteiger partial charge in [0.05, 0.1) is 42.9 Å². The SMILES string of the molecule is COCCOCc1cnc(C)nc1C1CCN(C(=O)c2ccc3nc[nH]c3c2)CC1. The van der Waals surface area contributed by atoms with Crippen LogP contribution in [0.3, 0.4) is 0 Å². The third-order valence-electron chi connectivity index (χ3n) is 5.54. The Balaban J connectivity index is 1.41. The van der Waals surface area contributed by atoms with Crippen molar-refractivity contribution in [2.24, 2.45) is 0 Å². The molecule has 158 valence electrons. The number of ether oxygens (including phenoxy) is 2. The standard InChI is InChI=1S/C22H27N5O3/c1-15-23-12-18(13-30-10-9-29-2)21(26-15)16-5-7-27(8-6-16)22(28)17-3-4-19-20(11-17)25-14-24-19/h3-4,11-12,14,16H,5-10,13H2,1-2H3,(H,24,25). The van der Waals surface area contributed by atoms with Crippen molar-refractivity contribution >= 4 is 16.9 Å². The average molecular weight is 409 g/mol. The lowest BCUT2D eigenvalue weighted by molar-refractivity contribution is 0.0604. The minimum Gasteiger partial charge on any atom is -0.382 e. The van der Waals surface area contributed by atoms with Gasteiger partial charge in [-0.3, -0.25) is 4.79 Å². The van der Waals surface area contributed by atoms with Gasteiger partial charge in [-0.25, -0.2) is 15.0 Å². The molecule has 0 saturated carbocycles. The van der Waals surface area contributed by atoms with Gasteiger partial charge in [0.25, 0.3) is 5.91 Å². The van der Waals surface area contributed by atoms with Crippen molar-refractivity contribution in [3.05, 3.63) is 53.4 Å². The van der Waals surface area contributed by atoms with E-state index in [4.69, 9.17) is 14.5 Å². The molecular weight excluding hydrogens is 382 g/mol. The highest BCUT2D eigenvalue weighted by molar-refractivity contribution is 5.97. The quantitative estimate of drug-likeness (QED) is 0.603. The number of aromatic amines is 1. The van der Waals surface area contributed by atoms with Crippen molar-refractivity contribution < 1.29 is 14.3 Å². The van der Waals surface area contributed by atoms with Crippen LogP contribution >= 0.6 is 0 Å². The lowest BCUT2D eigenvalue weighted by Crippen LogP contribution is -2.38. The normalized spacial score (nSPS) is 15.1. The topological polar surface area (TPSA) is 93.2 Å². The number of nitrogens with zero attached hydrogens (tertiary/aromatic N) is 4. The summed E-state index contributed by atoms with van der Waals surface area (Å²) in [5.41, 5.74) is 4.50. The number of H-pyrrole nitrogens is 1. The van der Waals surface area contributed by atoms with Crippen molar-refractivity contribution in [1.82, 2.24) is 24.8 Å². The fourth-order valence-electron chi connectivity index (χ4n) is 3.91. The lowest BCUT2D eigenvalue weighted by atomic mass is 9.90. The van der Waals surface area contributed by atoms with Crippen molar-refractivity contribution in [2.45, 2.75) is 32.3 Å². The number of carbonyl (C=O) groups is 1. The Labute approximate surface area is 175 Å². The molecule has 8 nitrogen and oxygen atoms in total. The second-order valence-corrected chi connectivity index (χ2v) is 7.57. The van der Waals surface area contributed by atoms with Crippen LogP contribution in [-0.4, -0.2) is 64.2 Å². The van der Waals surface area contributed by atoms with E-state index in [1.54, 1.807) is 13.4 Å². The van der Waals surface area contributed by atoms with Gasteiger partial charge in [-0.1, -0.05) is 0 Å². The Hall–Kier alpha value is -2.84. The number of benzene rings is 1. The Kier molecular flexibility index (Phi) is 6.35. The van der Waals surface area contributed by atoms with Gasteiger partial charge >= 0.3 is 0 Å². The molecule has 3 heterocycles. The fourth-order valence-corrected chi connectivity index (χ4v) is 3.91. The highest BCUT2D eigenvalue weighted by Gasteiger charge is 2.27. The highest BCUT2D eigenvalue weighted by atomic mass is 16.5. The maximum Gasteiger partial charge on any atom is 0.253 e. The summed E-state index contributed by atoms with van der Waals surface area (Å²) in [6, 6.07) is 5.60. The number of rotatable bonds is 7. The number of carbonyl (C=O) groups excluding carboxylic acids is 1. The maximum absolute atomic E-state index is 13.0. The minimum atomic E-state index is 0.0620. The van der Waals surface area contributed by atoms with Crippen LogP contribution in [0.5, 0.6) is 0 Å². The summed E-state index contributed by atoms with van der Waals surface area (Å²) < 4.78 is 10.7. The van der Waals surface area contributed by atoms with E-state index in [1.165, 1.54) is 0 Å². The largest absolute Gasteiger partial charge is 0.382 e. The molecule has 0 atom stereocenters. The van der Waals surface area contributed by atoms with Gasteiger partial charge in [0.2, 0.25) is 0 Å². The van der Waals surface area contributed by atoms with E-state index in [2.05, 4.69) is 15.0 Å². The summed E-state index contributed by atoms with van der Waals surface area (Å²) in [6.45, 7) is 4.89. The summed E-state index contributed by atoms with van der Waals surface area (Å²) in [5.74, 6) is 1.12. The summed E-state index contributed by atoms with van der Waals surface area (Å²) in [5, 5.41) is 0. The van der Waals surface area contributed by atoms with E-state index in [9.17, 15) is 4.79 Å². The average Bonchev–Trinajstić information content (AvgIpc) is 3.25. The number of hydrogen-bond acceptors (Lipinski definition) is 6. The molecule has 0 unspecified atom stereocenters. The van der Waals surface area contributed by atoms with Crippen LogP contribution in [0.1, 0.15) is 46.2 Å². The predicted octanol–water partition coefficient (Wildman–Crippen LogP) is 2.84. The number of methoxy groups -OCH3 is 1. The van der Waals surface area contributed by atoms with Crippen LogP contribution in [-0.2, 0) is 16.1 Å². The molecule has 0 spiro atoms. The van der Waals surface area contributed by atoms with Crippen molar-refractivity contribution in [2.75, 3.05) is 33.4 Å². The molecule has 0 aliphatic carbocycles. The first-order valence-corrected chi connectivity index (χ1v) is 10.3. The maximum atomic E-state index is 13.0. The fraction of sp³-hybridized carbons (Fsp3) is 0.455. The Morgan fingerprint density at radius 1 is 1.23 bits per heavy atom. The third-order valence-corrected chi connectivity index (χ3v) is 5.54. The van der Waals surface area contributed by atoms with Crippen LogP contribution in [0.15, 0.2) is 30.7 Å². The van der Waals surface area contributed by atoms with E-state index < -0.39 is 0 Å². The Bertz CT molecular complexity index is 1010. The molecule has 1 aliphatic heterocycles. The molecule has 1 N–H and O–H groups in total. The van der Waals surface area contributed by atoms with Gasteiger partial charge in [0.1, 0.15) is 5.82 Å². The molecule has 0 radical (unpaired) electrons. The number of nitrogens with one attached hydrogen (secondary N) is 1. The predicted molar refractivity (Wildman–Crippen MR) is 112 cm³/mol. The molecule has 30 heavy (non-hydrogen) atoms. The van der Waals surface area contributed by atoms with E-state index in [0.717, 1.165) is 41.0 Å². The van der Waals surface area contributed by atoms with Crippen LogP contribution in [0.25, 0.3) is 11.0 Å². The molecular formula is C22H27N5O3. The molecule has 0 bridgehead atoms. The van der Waals surface area contributed by atoms with Gasteiger partial charge in [-0.05, 0) is 38.0 Å². The lowest BCUT2D eigenvalue weighted by Gasteiger charge is -2.32. The number of amides is 1. The van der Waals surface area contributed by atoms with E-state index in [0.29, 0.717) is 44.4 Å². The molecule has 2 aromatic heterocycles. The van der Waals surface area contributed by atoms with Gasteiger partial charge in [0, 0.05) is 43.4 Å². The number of imidazole rings is 1. The third kappa shape index (κ3) is 4.49. The number of aromatic nitrogens is 4. The zero-order chi connectivity index (χ0) is 20.9. The first kappa shape index (κ1) is 20.4. The highest BCUT2D eigenvalue weighted by Crippen LogP contribution is 2.30. The summed E-state index contributed by atoms with van der Waals surface area (Å²) >= 11 is 0. The van der Waals surface area contributed by atoms with Crippen LogP contribution < -0.4 is 0 Å². The van der Waals surface area contributed by atoms with Crippen LogP contribution in [0, 0.1) is 6.92 Å². The van der Waals surface area contributed by atoms with E-state index in [-0.39, 0.29) is 5.91 Å². The van der Waals surface area contributed by atoms with E-state index >= 15 is 0 Å². The van der Waals surface area contributed by atoms with Crippen LogP contribution in [0.2, 0.25) is 0 Å². The van der Waals surface area contributed by atoms with Gasteiger partial charge < -0.3 is 19.4 Å². The second kappa shape index (κ2) is 9.32. The van der Waals surface area contributed by atoms with Crippen molar-refractivity contribution in [3.63, 3.8) is 0 Å². The Morgan fingerprint density at radius 2 is 2.07 bits per heavy atom. The molecule has 1 aromatic carbocycles. The Morgan fingerprint density at radius 3 is 2.87 bits per heavy atom. The van der Waals surface area contributed by atoms with Crippen LogP contribution in [0.4, 0.5) is 0 Å². The number of piperidine rings is 1. The minimum absolute atomic E-state index is 0.0620. The summed E-state index contributed by atoms with van der Waals surface area (Å²) in [4.78, 5) is 31.2.